The van der Waals surface area contributed by atoms with Crippen LogP contribution in [0, 0.1) is 11.3 Å². The van der Waals surface area contributed by atoms with Crippen molar-refractivity contribution in [2.45, 2.75) is 13.3 Å². The third-order valence-electron chi connectivity index (χ3n) is 3.52. The quantitative estimate of drug-likeness (QED) is 0.810. The van der Waals surface area contributed by atoms with E-state index >= 15 is 0 Å². The number of benzene rings is 2. The predicted octanol–water partition coefficient (Wildman–Crippen LogP) is 3.33. The van der Waals surface area contributed by atoms with E-state index < -0.39 is 0 Å². The third kappa shape index (κ3) is 5.15. The highest BCUT2D eigenvalue weighted by Gasteiger charge is 2.07. The molecule has 0 saturated carbocycles. The topological polar surface area (TPSA) is 83.4 Å². The summed E-state index contributed by atoms with van der Waals surface area (Å²) in [6.45, 7) is 2.94. The molecular formula is C19H21N3O3. The molecule has 0 saturated heterocycles. The van der Waals surface area contributed by atoms with Crippen molar-refractivity contribution < 1.29 is 14.3 Å². The molecule has 0 heterocycles. The fraction of sp³-hybridized carbons (Fsp3) is 0.263. The second kappa shape index (κ2) is 9.18. The number of ether oxygens (including phenoxy) is 2. The first kappa shape index (κ1) is 18.1. The summed E-state index contributed by atoms with van der Waals surface area (Å²) in [4.78, 5) is 12.0. The lowest BCUT2D eigenvalue weighted by Crippen LogP contribution is -2.30. The van der Waals surface area contributed by atoms with Crippen molar-refractivity contribution in [3.05, 3.63) is 53.6 Å². The van der Waals surface area contributed by atoms with Gasteiger partial charge in [-0.05, 0) is 43.2 Å². The Morgan fingerprint density at radius 1 is 1.20 bits per heavy atom. The van der Waals surface area contributed by atoms with E-state index in [9.17, 15) is 4.79 Å². The van der Waals surface area contributed by atoms with Gasteiger partial charge in [0.25, 0.3) is 0 Å². The summed E-state index contributed by atoms with van der Waals surface area (Å²) < 4.78 is 10.8. The summed E-state index contributed by atoms with van der Waals surface area (Å²) in [5, 5.41) is 14.5. The van der Waals surface area contributed by atoms with Gasteiger partial charge in [-0.25, -0.2) is 4.79 Å². The standard InChI is InChI=1S/C19H21N3O3/c1-3-25-17-9-8-14(12-18(17)24-2)10-11-21-19(23)22-16-7-5-4-6-15(16)13-20/h4-9,12H,3,10-11H2,1-2H3,(H2,21,22,23). The van der Waals surface area contributed by atoms with E-state index in [1.807, 2.05) is 31.2 Å². The van der Waals surface area contributed by atoms with Crippen LogP contribution in [-0.4, -0.2) is 26.3 Å². The van der Waals surface area contributed by atoms with Crippen LogP contribution in [0.15, 0.2) is 42.5 Å². The van der Waals surface area contributed by atoms with E-state index in [1.54, 1.807) is 31.4 Å². The van der Waals surface area contributed by atoms with Crippen molar-refractivity contribution in [3.8, 4) is 17.6 Å². The van der Waals surface area contributed by atoms with Crippen molar-refractivity contribution in [1.82, 2.24) is 5.32 Å². The van der Waals surface area contributed by atoms with Crippen molar-refractivity contribution >= 4 is 11.7 Å². The number of nitrogens with one attached hydrogen (secondary N) is 2. The third-order valence-corrected chi connectivity index (χ3v) is 3.52. The van der Waals surface area contributed by atoms with Crippen LogP contribution < -0.4 is 20.1 Å². The van der Waals surface area contributed by atoms with Crippen LogP contribution >= 0.6 is 0 Å². The predicted molar refractivity (Wildman–Crippen MR) is 96.0 cm³/mol. The number of nitriles is 1. The maximum absolute atomic E-state index is 12.0. The molecular weight excluding hydrogens is 318 g/mol. The summed E-state index contributed by atoms with van der Waals surface area (Å²) in [6, 6.07) is 14.3. The SMILES string of the molecule is CCOc1ccc(CCNC(=O)Nc2ccccc2C#N)cc1OC. The van der Waals surface area contributed by atoms with Crippen LogP contribution in [0.5, 0.6) is 11.5 Å². The number of urea groups is 1. The van der Waals surface area contributed by atoms with Gasteiger partial charge in [0.05, 0.1) is 25.0 Å². The lowest BCUT2D eigenvalue weighted by molar-refractivity contribution is 0.252. The molecule has 0 atom stereocenters. The van der Waals surface area contributed by atoms with E-state index in [0.29, 0.717) is 42.3 Å². The summed E-state index contributed by atoms with van der Waals surface area (Å²) in [6.07, 6.45) is 0.649. The molecule has 6 heteroatoms. The molecule has 0 bridgehead atoms. The molecule has 6 nitrogen and oxygen atoms in total. The fourth-order valence-electron chi connectivity index (χ4n) is 2.32. The van der Waals surface area contributed by atoms with Crippen LogP contribution in [0.4, 0.5) is 10.5 Å². The molecule has 0 unspecified atom stereocenters. The van der Waals surface area contributed by atoms with Crippen LogP contribution in [0.25, 0.3) is 0 Å². The van der Waals surface area contributed by atoms with Crippen LogP contribution in [0.3, 0.4) is 0 Å². The van der Waals surface area contributed by atoms with Crippen molar-refractivity contribution in [2.75, 3.05) is 25.6 Å². The number of methoxy groups -OCH3 is 1. The van der Waals surface area contributed by atoms with Gasteiger partial charge in [0.15, 0.2) is 11.5 Å². The summed E-state index contributed by atoms with van der Waals surface area (Å²) >= 11 is 0. The van der Waals surface area contributed by atoms with Crippen molar-refractivity contribution in [1.29, 1.82) is 5.26 Å². The van der Waals surface area contributed by atoms with E-state index in [0.717, 1.165) is 5.56 Å². The Bertz CT molecular complexity index is 769. The van der Waals surface area contributed by atoms with Crippen molar-refractivity contribution in [2.24, 2.45) is 0 Å². The zero-order valence-corrected chi connectivity index (χ0v) is 14.3. The van der Waals surface area contributed by atoms with Gasteiger partial charge in [0.1, 0.15) is 6.07 Å². The molecule has 0 aliphatic rings. The minimum atomic E-state index is -0.347. The van der Waals surface area contributed by atoms with Gasteiger partial charge >= 0.3 is 6.03 Å². The molecule has 2 amide bonds. The normalized spacial score (nSPS) is 9.80. The average Bonchev–Trinajstić information content (AvgIpc) is 2.63. The van der Waals surface area contributed by atoms with Gasteiger partial charge in [0, 0.05) is 6.54 Å². The second-order valence-corrected chi connectivity index (χ2v) is 5.21. The molecule has 2 aromatic carbocycles. The first-order chi connectivity index (χ1) is 12.2. The molecule has 0 radical (unpaired) electrons. The summed E-state index contributed by atoms with van der Waals surface area (Å²) in [5.74, 6) is 1.37. The minimum Gasteiger partial charge on any atom is -0.493 e. The zero-order valence-electron chi connectivity index (χ0n) is 14.3. The Morgan fingerprint density at radius 3 is 2.72 bits per heavy atom. The van der Waals surface area contributed by atoms with Gasteiger partial charge < -0.3 is 20.1 Å². The largest absolute Gasteiger partial charge is 0.493 e. The maximum atomic E-state index is 12.0. The van der Waals surface area contributed by atoms with Gasteiger partial charge in [-0.15, -0.1) is 0 Å². The number of carbonyl (C=O) groups is 1. The average molecular weight is 339 g/mol. The van der Waals surface area contributed by atoms with Gasteiger partial charge in [0.2, 0.25) is 0 Å². The molecule has 0 fully saturated rings. The molecule has 0 spiro atoms. The number of amides is 2. The fourth-order valence-corrected chi connectivity index (χ4v) is 2.32. The Morgan fingerprint density at radius 2 is 2.00 bits per heavy atom. The first-order valence-corrected chi connectivity index (χ1v) is 8.01. The smallest absolute Gasteiger partial charge is 0.319 e. The summed E-state index contributed by atoms with van der Waals surface area (Å²) in [7, 11) is 1.60. The number of carbonyl (C=O) groups excluding carboxylic acids is 1. The molecule has 0 aliphatic carbocycles. The van der Waals surface area contributed by atoms with Gasteiger partial charge in [-0.1, -0.05) is 18.2 Å². The Kier molecular flexibility index (Phi) is 6.66. The number of nitrogens with zero attached hydrogens (tertiary/aromatic N) is 1. The highest BCUT2D eigenvalue weighted by Crippen LogP contribution is 2.28. The first-order valence-electron chi connectivity index (χ1n) is 8.01. The maximum Gasteiger partial charge on any atom is 0.319 e. The Labute approximate surface area is 147 Å². The van der Waals surface area contributed by atoms with Crippen LogP contribution in [0.2, 0.25) is 0 Å². The van der Waals surface area contributed by atoms with Gasteiger partial charge in [-0.2, -0.15) is 5.26 Å². The molecule has 130 valence electrons. The number of hydrogen-bond acceptors (Lipinski definition) is 4. The van der Waals surface area contributed by atoms with E-state index in [1.165, 1.54) is 0 Å². The number of para-hydroxylation sites is 1. The highest BCUT2D eigenvalue weighted by atomic mass is 16.5. The Hall–Kier alpha value is -3.20. The lowest BCUT2D eigenvalue weighted by Gasteiger charge is -2.12. The number of hydrogen-bond donors (Lipinski definition) is 2. The monoisotopic (exact) mass is 339 g/mol. The minimum absolute atomic E-state index is 0.347. The van der Waals surface area contributed by atoms with E-state index in [2.05, 4.69) is 10.6 Å². The molecule has 0 aromatic heterocycles. The van der Waals surface area contributed by atoms with E-state index in [4.69, 9.17) is 14.7 Å². The highest BCUT2D eigenvalue weighted by molar-refractivity contribution is 5.90. The molecule has 2 rings (SSSR count). The molecule has 0 aliphatic heterocycles. The number of rotatable bonds is 7. The number of anilines is 1. The van der Waals surface area contributed by atoms with Crippen LogP contribution in [0.1, 0.15) is 18.1 Å². The molecule has 2 aromatic rings. The molecule has 25 heavy (non-hydrogen) atoms. The van der Waals surface area contributed by atoms with Crippen LogP contribution in [-0.2, 0) is 6.42 Å². The second-order valence-electron chi connectivity index (χ2n) is 5.21. The zero-order chi connectivity index (χ0) is 18.1. The van der Waals surface area contributed by atoms with Gasteiger partial charge in [-0.3, -0.25) is 0 Å². The van der Waals surface area contributed by atoms with E-state index in [-0.39, 0.29) is 6.03 Å². The molecule has 2 N–H and O–H groups in total. The van der Waals surface area contributed by atoms with Crippen molar-refractivity contribution in [3.63, 3.8) is 0 Å². The Balaban J connectivity index is 1.88. The summed E-state index contributed by atoms with van der Waals surface area (Å²) in [5.41, 5.74) is 1.94. The lowest BCUT2D eigenvalue weighted by atomic mass is 10.1.